The third-order valence-corrected chi connectivity index (χ3v) is 10.6. The number of anilines is 1. The monoisotopic (exact) mass is 639 g/mol. The fourth-order valence-corrected chi connectivity index (χ4v) is 7.22. The molecule has 236 valence electrons. The van der Waals surface area contributed by atoms with E-state index in [2.05, 4.69) is 35.0 Å². The van der Waals surface area contributed by atoms with Crippen LogP contribution < -0.4 is 15.8 Å². The van der Waals surface area contributed by atoms with Gasteiger partial charge in [0.25, 0.3) is 5.56 Å². The molecule has 13 heteroatoms. The summed E-state index contributed by atoms with van der Waals surface area (Å²) in [6.07, 6.45) is 4.26. The van der Waals surface area contributed by atoms with Crippen LogP contribution in [0.5, 0.6) is 0 Å². The lowest BCUT2D eigenvalue weighted by Gasteiger charge is -2.26. The number of fused-ring (bicyclic) bond motifs is 3. The molecular formula is C31H42ClN7O4Si. The van der Waals surface area contributed by atoms with E-state index in [4.69, 9.17) is 26.1 Å². The van der Waals surface area contributed by atoms with Crippen molar-refractivity contribution in [2.24, 2.45) is 20.0 Å². The molecule has 1 saturated heterocycles. The fraction of sp³-hybridized carbons (Fsp3) is 0.548. The molecule has 1 aliphatic heterocycles. The average molecular weight is 640 g/mol. The van der Waals surface area contributed by atoms with Crippen molar-refractivity contribution in [3.8, 4) is 11.1 Å². The molecule has 2 fully saturated rings. The predicted molar refractivity (Wildman–Crippen MR) is 176 cm³/mol. The molecule has 2 atom stereocenters. The molecule has 0 bridgehead atoms. The van der Waals surface area contributed by atoms with Gasteiger partial charge in [-0.3, -0.25) is 14.0 Å². The Hall–Kier alpha value is -3.35. The lowest BCUT2D eigenvalue weighted by atomic mass is 10.0. The summed E-state index contributed by atoms with van der Waals surface area (Å²) >= 11 is 6.95. The average Bonchev–Trinajstić information content (AvgIpc) is 3.20. The molecule has 2 aliphatic rings. The Labute approximate surface area is 263 Å². The van der Waals surface area contributed by atoms with Crippen molar-refractivity contribution in [3.05, 3.63) is 39.9 Å². The van der Waals surface area contributed by atoms with Crippen molar-refractivity contribution in [3.63, 3.8) is 0 Å². The summed E-state index contributed by atoms with van der Waals surface area (Å²) in [5, 5.41) is 9.42. The van der Waals surface area contributed by atoms with Crippen LogP contribution >= 0.6 is 11.6 Å². The molecule has 1 N–H and O–H groups in total. The Balaban J connectivity index is 1.38. The Kier molecular flexibility index (Phi) is 7.41. The molecular weight excluding hydrogens is 598 g/mol. The number of piperidine rings is 1. The highest BCUT2D eigenvalue weighted by molar-refractivity contribution is 6.76. The normalized spacial score (nSPS) is 20.0. The number of halogens is 1. The summed E-state index contributed by atoms with van der Waals surface area (Å²) in [5.74, 6) is 0.821. The second-order valence-corrected chi connectivity index (χ2v) is 20.6. The smallest absolute Gasteiger partial charge is 0.408 e. The first-order chi connectivity index (χ1) is 20.6. The summed E-state index contributed by atoms with van der Waals surface area (Å²) < 4.78 is 16.9. The Morgan fingerprint density at radius 2 is 1.93 bits per heavy atom. The van der Waals surface area contributed by atoms with Crippen LogP contribution in [0.1, 0.15) is 27.2 Å². The number of hydrogen-bond acceptors (Lipinski definition) is 7. The van der Waals surface area contributed by atoms with E-state index in [9.17, 15) is 9.59 Å². The van der Waals surface area contributed by atoms with Gasteiger partial charge >= 0.3 is 6.09 Å². The van der Waals surface area contributed by atoms with Crippen LogP contribution in [0.4, 0.5) is 10.7 Å². The van der Waals surface area contributed by atoms with E-state index in [-0.39, 0.29) is 23.7 Å². The summed E-state index contributed by atoms with van der Waals surface area (Å²) in [4.78, 5) is 33.9. The standard InChI is InChI=1S/C31H42ClN7O4Si/c1-30(2,3)43-29(41)34-31-13-19(31)14-38(17-31)28-33-26-24(27(40)37(28)5)21(16-39(26)18-42-11-12-44(6,7)8)20-9-10-23-22(25(20)32)15-36(4)35-23/h9-10,15-16,19H,11-14,17-18H2,1-8H3,(H,34,41). The molecule has 2 unspecified atom stereocenters. The maximum atomic E-state index is 14.2. The number of nitrogens with zero attached hydrogens (tertiary/aromatic N) is 6. The SMILES string of the molecule is Cn1cc2c(Cl)c(-c3cn(COCC[Si](C)(C)C)c4nc(N5CC6CC6(NC(=O)OC(C)(C)C)C5)n(C)c(=O)c34)ccc2n1. The maximum absolute atomic E-state index is 14.2. The quantitative estimate of drug-likeness (QED) is 0.204. The van der Waals surface area contributed by atoms with Gasteiger partial charge in [-0.2, -0.15) is 10.1 Å². The summed E-state index contributed by atoms with van der Waals surface area (Å²) in [7, 11) is 2.33. The van der Waals surface area contributed by atoms with E-state index in [1.807, 2.05) is 56.9 Å². The third-order valence-electron chi connectivity index (χ3n) is 8.51. The van der Waals surface area contributed by atoms with Crippen LogP contribution in [0, 0.1) is 5.92 Å². The molecule has 4 heterocycles. The van der Waals surface area contributed by atoms with Gasteiger partial charge in [-0.05, 0) is 39.3 Å². The van der Waals surface area contributed by atoms with Crippen molar-refractivity contribution in [1.82, 2.24) is 29.2 Å². The van der Waals surface area contributed by atoms with E-state index >= 15 is 0 Å². The van der Waals surface area contributed by atoms with Gasteiger partial charge in [-0.15, -0.1) is 0 Å². The highest BCUT2D eigenvalue weighted by Gasteiger charge is 2.62. The summed E-state index contributed by atoms with van der Waals surface area (Å²) in [5.41, 5.74) is 1.65. The van der Waals surface area contributed by atoms with Gasteiger partial charge in [0.05, 0.1) is 21.5 Å². The predicted octanol–water partition coefficient (Wildman–Crippen LogP) is 5.36. The minimum absolute atomic E-state index is 0.169. The Morgan fingerprint density at radius 1 is 1.18 bits per heavy atom. The Bertz CT molecular complexity index is 1830. The number of ether oxygens (including phenoxy) is 2. The topological polar surface area (TPSA) is 108 Å². The second-order valence-electron chi connectivity index (χ2n) is 14.6. The number of aryl methyl sites for hydroxylation is 1. The van der Waals surface area contributed by atoms with Crippen molar-refractivity contribution in [2.75, 3.05) is 24.6 Å². The van der Waals surface area contributed by atoms with Gasteiger partial charge in [0.15, 0.2) is 5.65 Å². The van der Waals surface area contributed by atoms with Crippen LogP contribution in [0.2, 0.25) is 30.7 Å². The van der Waals surface area contributed by atoms with Crippen LogP contribution in [0.25, 0.3) is 33.1 Å². The second kappa shape index (κ2) is 10.6. The number of rotatable bonds is 8. The van der Waals surface area contributed by atoms with Crippen LogP contribution in [0.15, 0.2) is 29.3 Å². The molecule has 1 aliphatic carbocycles. The lowest BCUT2D eigenvalue weighted by Crippen LogP contribution is -2.45. The summed E-state index contributed by atoms with van der Waals surface area (Å²) in [6, 6.07) is 4.87. The zero-order valence-corrected chi connectivity index (χ0v) is 28.6. The van der Waals surface area contributed by atoms with Gasteiger partial charge in [-0.25, -0.2) is 4.79 Å². The van der Waals surface area contributed by atoms with Crippen LogP contribution in [-0.4, -0.2) is 68.9 Å². The Morgan fingerprint density at radius 3 is 2.64 bits per heavy atom. The minimum Gasteiger partial charge on any atom is -0.444 e. The number of carbonyl (C=O) groups is 1. The van der Waals surface area contributed by atoms with Crippen molar-refractivity contribution in [2.45, 2.75) is 70.7 Å². The van der Waals surface area contributed by atoms with Crippen molar-refractivity contribution in [1.29, 1.82) is 0 Å². The molecule has 1 saturated carbocycles. The molecule has 3 aromatic heterocycles. The molecule has 1 amide bonds. The highest BCUT2D eigenvalue weighted by atomic mass is 35.5. The fourth-order valence-electron chi connectivity index (χ4n) is 6.15. The first-order valence-electron chi connectivity index (χ1n) is 15.1. The van der Waals surface area contributed by atoms with Crippen LogP contribution in [0.3, 0.4) is 0 Å². The minimum atomic E-state index is -1.28. The molecule has 0 radical (unpaired) electrons. The number of alkyl carbamates (subject to hydrolysis) is 1. The number of amides is 1. The van der Waals surface area contributed by atoms with Gasteiger partial charge in [0, 0.05) is 76.7 Å². The van der Waals surface area contributed by atoms with Crippen LogP contribution in [-0.2, 0) is 30.3 Å². The molecule has 6 rings (SSSR count). The molecule has 44 heavy (non-hydrogen) atoms. The largest absolute Gasteiger partial charge is 0.444 e. The number of benzene rings is 1. The highest BCUT2D eigenvalue weighted by Crippen LogP contribution is 2.50. The zero-order chi connectivity index (χ0) is 31.8. The van der Waals surface area contributed by atoms with Gasteiger partial charge in [0.1, 0.15) is 12.3 Å². The van der Waals surface area contributed by atoms with E-state index in [0.717, 1.165) is 28.9 Å². The first-order valence-corrected chi connectivity index (χ1v) is 19.2. The number of hydrogen-bond donors (Lipinski definition) is 1. The zero-order valence-electron chi connectivity index (χ0n) is 26.8. The van der Waals surface area contributed by atoms with Gasteiger partial charge in [-0.1, -0.05) is 37.3 Å². The van der Waals surface area contributed by atoms with E-state index in [1.54, 1.807) is 16.3 Å². The number of carbonyl (C=O) groups excluding carboxylic acids is 1. The third kappa shape index (κ3) is 5.74. The number of aromatic nitrogens is 5. The van der Waals surface area contributed by atoms with Gasteiger partial charge in [0.2, 0.25) is 5.95 Å². The van der Waals surface area contributed by atoms with E-state index in [1.165, 1.54) is 0 Å². The molecule has 11 nitrogen and oxygen atoms in total. The first kappa shape index (κ1) is 30.7. The van der Waals surface area contributed by atoms with E-state index in [0.29, 0.717) is 47.3 Å². The van der Waals surface area contributed by atoms with Crippen molar-refractivity contribution < 1.29 is 14.3 Å². The summed E-state index contributed by atoms with van der Waals surface area (Å²) in [6.45, 7) is 14.6. The maximum Gasteiger partial charge on any atom is 0.408 e. The van der Waals surface area contributed by atoms with E-state index < -0.39 is 19.8 Å². The number of nitrogens with one attached hydrogen (secondary N) is 1. The molecule has 1 aromatic carbocycles. The lowest BCUT2D eigenvalue weighted by molar-refractivity contribution is 0.0498. The molecule has 0 spiro atoms. The van der Waals surface area contributed by atoms with Crippen molar-refractivity contribution >= 4 is 53.7 Å². The van der Waals surface area contributed by atoms with Gasteiger partial charge < -0.3 is 24.3 Å². The molecule has 4 aromatic rings.